The maximum atomic E-state index is 13.7. The van der Waals surface area contributed by atoms with E-state index in [1.165, 1.54) is 0 Å². The normalized spacial score (nSPS) is 11.9. The molecule has 0 fully saturated rings. The van der Waals surface area contributed by atoms with Crippen molar-refractivity contribution in [2.75, 3.05) is 7.11 Å². The number of rotatable bonds is 11. The lowest BCUT2D eigenvalue weighted by Gasteiger charge is -2.28. The Kier molecular flexibility index (Phi) is 9.43. The Balaban J connectivity index is 1.69. The van der Waals surface area contributed by atoms with Gasteiger partial charge in [-0.25, -0.2) is 0 Å². The fourth-order valence-electron chi connectivity index (χ4n) is 5.20. The molecule has 3 aromatic carbocycles. The molecule has 0 aliphatic rings. The number of hydrogen-bond donors (Lipinski definition) is 0. The minimum Gasteiger partial charge on any atom is -0.497 e. The molecule has 0 N–H and O–H groups in total. The number of carbonyl (C=O) groups is 2. The number of hydrogen-bond acceptors (Lipinski definition) is 5. The predicted molar refractivity (Wildman–Crippen MR) is 155 cm³/mol. The van der Waals surface area contributed by atoms with E-state index in [0.717, 1.165) is 39.5 Å². The van der Waals surface area contributed by atoms with Crippen molar-refractivity contribution in [2.24, 2.45) is 11.8 Å². The van der Waals surface area contributed by atoms with Crippen LogP contribution in [0.5, 0.6) is 5.75 Å². The summed E-state index contributed by atoms with van der Waals surface area (Å²) in [7, 11) is 1.64. The zero-order valence-electron chi connectivity index (χ0n) is 23.8. The molecule has 0 aliphatic carbocycles. The third-order valence-electron chi connectivity index (χ3n) is 7.19. The molecule has 6 nitrogen and oxygen atoms in total. The summed E-state index contributed by atoms with van der Waals surface area (Å²) in [6, 6.07) is 28.8. The Morgan fingerprint density at radius 2 is 1.25 bits per heavy atom. The van der Waals surface area contributed by atoms with E-state index in [0.29, 0.717) is 0 Å². The van der Waals surface area contributed by atoms with Crippen LogP contribution in [0.15, 0.2) is 91.0 Å². The number of methoxy groups -OCH3 is 1. The van der Waals surface area contributed by atoms with Gasteiger partial charge in [0.1, 0.15) is 19.0 Å². The fraction of sp³-hybridized carbons (Fsp3) is 0.294. The third-order valence-corrected chi connectivity index (χ3v) is 7.19. The van der Waals surface area contributed by atoms with E-state index in [9.17, 15) is 9.59 Å². The summed E-state index contributed by atoms with van der Waals surface area (Å²) < 4.78 is 18.9. The topological polar surface area (TPSA) is 66.8 Å². The SMILES string of the molecule is COc1ccc(-n2c(C)cc(C(C(C)C)C(C(=O)OCc3ccccc3)C(=O)OCc3ccccc3)c2C)cc1. The molecular formula is C34H37NO5. The number of aromatic nitrogens is 1. The molecule has 1 atom stereocenters. The standard InChI is InChI=1S/C34H37NO5/c1-23(2)31(30-20-24(3)35(25(30)4)28-16-18-29(38-5)19-17-28)32(33(36)39-21-26-12-8-6-9-13-26)34(37)40-22-27-14-10-7-11-15-27/h6-20,23,31-32H,21-22H2,1-5H3. The van der Waals surface area contributed by atoms with Gasteiger partial charge in [-0.15, -0.1) is 0 Å². The van der Waals surface area contributed by atoms with E-state index in [4.69, 9.17) is 14.2 Å². The summed E-state index contributed by atoms with van der Waals surface area (Å²) in [5.74, 6) is -2.04. The van der Waals surface area contributed by atoms with Gasteiger partial charge in [0, 0.05) is 23.0 Å². The molecule has 6 heteroatoms. The number of aryl methyl sites for hydroxylation is 1. The number of nitrogens with zero attached hydrogens (tertiary/aromatic N) is 1. The monoisotopic (exact) mass is 539 g/mol. The first-order chi connectivity index (χ1) is 19.3. The molecule has 0 radical (unpaired) electrons. The average Bonchev–Trinajstić information content (AvgIpc) is 3.26. The molecule has 0 amide bonds. The molecule has 1 heterocycles. The van der Waals surface area contributed by atoms with Crippen molar-refractivity contribution in [2.45, 2.75) is 46.8 Å². The van der Waals surface area contributed by atoms with Gasteiger partial charge < -0.3 is 18.8 Å². The molecule has 0 saturated heterocycles. The van der Waals surface area contributed by atoms with Crippen LogP contribution in [0, 0.1) is 25.7 Å². The molecule has 0 aliphatic heterocycles. The molecule has 0 bridgehead atoms. The van der Waals surface area contributed by atoms with E-state index in [2.05, 4.69) is 10.6 Å². The maximum Gasteiger partial charge on any atom is 0.321 e. The minimum atomic E-state index is -1.13. The summed E-state index contributed by atoms with van der Waals surface area (Å²) in [5, 5.41) is 0. The van der Waals surface area contributed by atoms with Crippen molar-refractivity contribution in [1.82, 2.24) is 4.57 Å². The smallest absolute Gasteiger partial charge is 0.321 e. The van der Waals surface area contributed by atoms with Crippen LogP contribution in [0.1, 0.15) is 47.8 Å². The zero-order chi connectivity index (χ0) is 28.6. The second-order valence-corrected chi connectivity index (χ2v) is 10.3. The van der Waals surface area contributed by atoms with Crippen molar-refractivity contribution in [3.05, 3.63) is 119 Å². The molecule has 0 spiro atoms. The largest absolute Gasteiger partial charge is 0.497 e. The van der Waals surface area contributed by atoms with Gasteiger partial charge in [-0.05, 0) is 66.8 Å². The lowest BCUT2D eigenvalue weighted by molar-refractivity contribution is -0.165. The van der Waals surface area contributed by atoms with E-state index < -0.39 is 23.8 Å². The first kappa shape index (κ1) is 28.7. The summed E-state index contributed by atoms with van der Waals surface area (Å²) in [6.45, 7) is 8.24. The molecule has 1 unspecified atom stereocenters. The van der Waals surface area contributed by atoms with Crippen molar-refractivity contribution in [3.8, 4) is 11.4 Å². The van der Waals surface area contributed by atoms with Crippen LogP contribution in [-0.4, -0.2) is 23.6 Å². The second-order valence-electron chi connectivity index (χ2n) is 10.3. The maximum absolute atomic E-state index is 13.7. The number of benzene rings is 3. The Morgan fingerprint density at radius 3 is 1.70 bits per heavy atom. The van der Waals surface area contributed by atoms with Gasteiger partial charge >= 0.3 is 11.9 Å². The van der Waals surface area contributed by atoms with Crippen LogP contribution in [0.4, 0.5) is 0 Å². The summed E-state index contributed by atoms with van der Waals surface area (Å²) in [4.78, 5) is 27.4. The molecule has 4 rings (SSSR count). The Bertz CT molecular complexity index is 1350. The average molecular weight is 540 g/mol. The van der Waals surface area contributed by atoms with Crippen LogP contribution in [0.25, 0.3) is 5.69 Å². The van der Waals surface area contributed by atoms with Crippen molar-refractivity contribution < 1.29 is 23.8 Å². The summed E-state index contributed by atoms with van der Waals surface area (Å²) >= 11 is 0. The van der Waals surface area contributed by atoms with Crippen LogP contribution < -0.4 is 4.74 Å². The van der Waals surface area contributed by atoms with Crippen molar-refractivity contribution >= 4 is 11.9 Å². The lowest BCUT2D eigenvalue weighted by Crippen LogP contribution is -2.35. The van der Waals surface area contributed by atoms with Gasteiger partial charge in [0.05, 0.1) is 7.11 Å². The Labute approximate surface area is 236 Å². The first-order valence-electron chi connectivity index (χ1n) is 13.5. The van der Waals surface area contributed by atoms with E-state index in [1.807, 2.05) is 113 Å². The van der Waals surface area contributed by atoms with Crippen LogP contribution >= 0.6 is 0 Å². The van der Waals surface area contributed by atoms with Gasteiger partial charge in [0.2, 0.25) is 0 Å². The third kappa shape index (κ3) is 6.63. The van der Waals surface area contributed by atoms with Crippen LogP contribution in [0.2, 0.25) is 0 Å². The van der Waals surface area contributed by atoms with Crippen molar-refractivity contribution in [1.29, 1.82) is 0 Å². The van der Waals surface area contributed by atoms with Crippen LogP contribution in [0.3, 0.4) is 0 Å². The van der Waals surface area contributed by atoms with Gasteiger partial charge in [0.15, 0.2) is 5.92 Å². The zero-order valence-corrected chi connectivity index (χ0v) is 23.8. The molecule has 208 valence electrons. The fourth-order valence-corrected chi connectivity index (χ4v) is 5.20. The number of ether oxygens (including phenoxy) is 3. The number of esters is 2. The Hall–Kier alpha value is -4.32. The van der Waals surface area contributed by atoms with E-state index in [-0.39, 0.29) is 19.1 Å². The highest BCUT2D eigenvalue weighted by Gasteiger charge is 2.41. The number of carbonyl (C=O) groups excluding carboxylic acids is 2. The van der Waals surface area contributed by atoms with Gasteiger partial charge in [-0.1, -0.05) is 74.5 Å². The van der Waals surface area contributed by atoms with E-state index in [1.54, 1.807) is 7.11 Å². The lowest BCUT2D eigenvalue weighted by atomic mass is 9.78. The highest BCUT2D eigenvalue weighted by Crippen LogP contribution is 2.38. The quantitative estimate of drug-likeness (QED) is 0.152. The molecule has 0 saturated carbocycles. The Morgan fingerprint density at radius 1 is 0.750 bits per heavy atom. The van der Waals surface area contributed by atoms with E-state index >= 15 is 0 Å². The summed E-state index contributed by atoms with van der Waals surface area (Å²) in [6.07, 6.45) is 0. The van der Waals surface area contributed by atoms with Gasteiger partial charge in [-0.3, -0.25) is 9.59 Å². The second kappa shape index (κ2) is 13.2. The molecular weight excluding hydrogens is 502 g/mol. The summed E-state index contributed by atoms with van der Waals surface area (Å²) in [5.41, 5.74) is 5.55. The van der Waals surface area contributed by atoms with Crippen LogP contribution in [-0.2, 0) is 32.3 Å². The van der Waals surface area contributed by atoms with Crippen molar-refractivity contribution in [3.63, 3.8) is 0 Å². The highest BCUT2D eigenvalue weighted by atomic mass is 16.6. The molecule has 40 heavy (non-hydrogen) atoms. The molecule has 1 aromatic heterocycles. The highest BCUT2D eigenvalue weighted by molar-refractivity contribution is 5.96. The van der Waals surface area contributed by atoms with Gasteiger partial charge in [0.25, 0.3) is 0 Å². The predicted octanol–water partition coefficient (Wildman–Crippen LogP) is 6.95. The minimum absolute atomic E-state index is 0.0524. The van der Waals surface area contributed by atoms with Gasteiger partial charge in [-0.2, -0.15) is 0 Å². The molecule has 4 aromatic rings. The first-order valence-corrected chi connectivity index (χ1v) is 13.5.